The van der Waals surface area contributed by atoms with E-state index in [2.05, 4.69) is 15.9 Å². The number of methoxy groups -OCH3 is 1. The number of thioether (sulfide) groups is 1. The van der Waals surface area contributed by atoms with Gasteiger partial charge in [-0.3, -0.25) is 4.79 Å². The van der Waals surface area contributed by atoms with Gasteiger partial charge in [0.15, 0.2) is 0 Å². The van der Waals surface area contributed by atoms with Gasteiger partial charge in [0.05, 0.1) is 12.9 Å². The van der Waals surface area contributed by atoms with Crippen molar-refractivity contribution in [1.29, 1.82) is 0 Å². The van der Waals surface area contributed by atoms with Crippen LogP contribution in [-0.2, 0) is 11.2 Å². The zero-order valence-corrected chi connectivity index (χ0v) is 13.8. The van der Waals surface area contributed by atoms with E-state index in [4.69, 9.17) is 4.74 Å². The summed E-state index contributed by atoms with van der Waals surface area (Å²) in [6, 6.07) is 11.7. The first-order valence-electron chi connectivity index (χ1n) is 6.31. The summed E-state index contributed by atoms with van der Waals surface area (Å²) in [4.78, 5) is 12.9. The molecule has 0 spiro atoms. The van der Waals surface area contributed by atoms with Gasteiger partial charge in [0.2, 0.25) is 0 Å². The lowest BCUT2D eigenvalue weighted by molar-refractivity contribution is -0.116. The number of ether oxygens (including phenoxy) is 1. The lowest BCUT2D eigenvalue weighted by atomic mass is 10.1. The van der Waals surface area contributed by atoms with Gasteiger partial charge in [-0.2, -0.15) is 0 Å². The minimum absolute atomic E-state index is 0.110. The second-order valence-corrected chi connectivity index (χ2v) is 6.32. The van der Waals surface area contributed by atoms with Crippen LogP contribution in [0, 0.1) is 5.82 Å². The first kappa shape index (κ1) is 16.0. The summed E-state index contributed by atoms with van der Waals surface area (Å²) in [5.41, 5.74) is 0.902. The molecule has 0 heterocycles. The van der Waals surface area contributed by atoms with Crippen molar-refractivity contribution in [2.75, 3.05) is 12.9 Å². The summed E-state index contributed by atoms with van der Waals surface area (Å²) in [5.74, 6) is 0.923. The number of ketones is 1. The molecular weight excluding hydrogens is 355 g/mol. The highest BCUT2D eigenvalue weighted by atomic mass is 79.9. The minimum atomic E-state index is -0.272. The number of carbonyl (C=O) groups excluding carboxylic acids is 1. The van der Waals surface area contributed by atoms with Crippen molar-refractivity contribution in [3.8, 4) is 5.75 Å². The molecule has 0 amide bonds. The monoisotopic (exact) mass is 368 g/mol. The second-order valence-electron chi connectivity index (χ2n) is 4.42. The molecule has 2 nitrogen and oxygen atoms in total. The summed E-state index contributed by atoms with van der Waals surface area (Å²) in [6.07, 6.45) is 0.339. The number of hydrogen-bond acceptors (Lipinski definition) is 3. The van der Waals surface area contributed by atoms with Crippen LogP contribution in [0.25, 0.3) is 0 Å². The number of benzene rings is 2. The maximum atomic E-state index is 12.8. The summed E-state index contributed by atoms with van der Waals surface area (Å²) in [5, 5.41) is 0. The first-order valence-corrected chi connectivity index (χ1v) is 8.09. The molecule has 0 aliphatic rings. The lowest BCUT2D eigenvalue weighted by Gasteiger charge is -2.07. The van der Waals surface area contributed by atoms with Crippen LogP contribution >= 0.6 is 27.7 Å². The number of hydrogen-bond donors (Lipinski definition) is 0. The fourth-order valence-corrected chi connectivity index (χ4v) is 2.92. The summed E-state index contributed by atoms with van der Waals surface area (Å²) < 4.78 is 18.8. The standard InChI is InChI=1S/C16H14BrFO2S/c1-20-14-4-7-16(17)11(9-14)8-13(19)10-21-15-5-2-12(18)3-6-15/h2-7,9H,8,10H2,1H3. The number of carbonyl (C=O) groups is 1. The molecule has 0 bridgehead atoms. The van der Waals surface area contributed by atoms with E-state index >= 15 is 0 Å². The highest BCUT2D eigenvalue weighted by Crippen LogP contribution is 2.24. The van der Waals surface area contributed by atoms with E-state index in [0.717, 1.165) is 20.7 Å². The Morgan fingerprint density at radius 3 is 2.62 bits per heavy atom. The quantitative estimate of drug-likeness (QED) is 0.702. The van der Waals surface area contributed by atoms with Gasteiger partial charge < -0.3 is 4.74 Å². The van der Waals surface area contributed by atoms with E-state index < -0.39 is 0 Å². The van der Waals surface area contributed by atoms with Gasteiger partial charge in [-0.1, -0.05) is 15.9 Å². The van der Waals surface area contributed by atoms with Crippen molar-refractivity contribution in [3.05, 3.63) is 58.3 Å². The molecule has 0 atom stereocenters. The molecule has 2 rings (SSSR count). The molecule has 2 aromatic carbocycles. The molecule has 0 unspecified atom stereocenters. The zero-order valence-electron chi connectivity index (χ0n) is 11.4. The van der Waals surface area contributed by atoms with Crippen LogP contribution in [0.3, 0.4) is 0 Å². The molecule has 0 aromatic heterocycles. The summed E-state index contributed by atoms with van der Waals surface area (Å²) in [7, 11) is 1.60. The van der Waals surface area contributed by atoms with E-state index in [1.165, 1.54) is 23.9 Å². The molecule has 2 aromatic rings. The SMILES string of the molecule is COc1ccc(Br)c(CC(=O)CSc2ccc(F)cc2)c1. The van der Waals surface area contributed by atoms with Gasteiger partial charge in [0, 0.05) is 15.8 Å². The number of rotatable bonds is 6. The molecule has 0 aliphatic carbocycles. The van der Waals surface area contributed by atoms with Gasteiger partial charge in [0.25, 0.3) is 0 Å². The Bertz CT molecular complexity index is 629. The lowest BCUT2D eigenvalue weighted by Crippen LogP contribution is -2.06. The average molecular weight is 369 g/mol. The molecular formula is C16H14BrFO2S. The summed E-state index contributed by atoms with van der Waals surface area (Å²) in [6.45, 7) is 0. The third-order valence-electron chi connectivity index (χ3n) is 2.85. The van der Waals surface area contributed by atoms with Crippen LogP contribution in [0.1, 0.15) is 5.56 Å². The van der Waals surface area contributed by atoms with Crippen LogP contribution in [0.5, 0.6) is 5.75 Å². The second kappa shape index (κ2) is 7.61. The van der Waals surface area contributed by atoms with Crippen LogP contribution in [-0.4, -0.2) is 18.6 Å². The Morgan fingerprint density at radius 2 is 1.95 bits per heavy atom. The van der Waals surface area contributed by atoms with Crippen LogP contribution in [0.15, 0.2) is 51.8 Å². The maximum absolute atomic E-state index is 12.8. The van der Waals surface area contributed by atoms with Crippen molar-refractivity contribution < 1.29 is 13.9 Å². The van der Waals surface area contributed by atoms with Gasteiger partial charge >= 0.3 is 0 Å². The van der Waals surface area contributed by atoms with Crippen molar-refractivity contribution >= 4 is 33.5 Å². The zero-order chi connectivity index (χ0) is 15.2. The smallest absolute Gasteiger partial charge is 0.147 e. The molecule has 0 saturated carbocycles. The van der Waals surface area contributed by atoms with E-state index in [9.17, 15) is 9.18 Å². The third-order valence-corrected chi connectivity index (χ3v) is 4.70. The highest BCUT2D eigenvalue weighted by Gasteiger charge is 2.09. The predicted molar refractivity (Wildman–Crippen MR) is 86.5 cm³/mol. The van der Waals surface area contributed by atoms with Crippen molar-refractivity contribution in [1.82, 2.24) is 0 Å². The van der Waals surface area contributed by atoms with Crippen molar-refractivity contribution in [2.24, 2.45) is 0 Å². The Hall–Kier alpha value is -1.33. The third kappa shape index (κ3) is 4.86. The normalized spacial score (nSPS) is 10.4. The predicted octanol–water partition coefficient (Wildman–Crippen LogP) is 4.50. The topological polar surface area (TPSA) is 26.3 Å². The maximum Gasteiger partial charge on any atom is 0.147 e. The minimum Gasteiger partial charge on any atom is -0.497 e. The van der Waals surface area contributed by atoms with Crippen molar-refractivity contribution in [3.63, 3.8) is 0 Å². The Balaban J connectivity index is 1.94. The summed E-state index contributed by atoms with van der Waals surface area (Å²) >= 11 is 4.85. The van der Waals surface area contributed by atoms with E-state index in [-0.39, 0.29) is 11.6 Å². The number of halogens is 2. The molecule has 0 aliphatic heterocycles. The fourth-order valence-electron chi connectivity index (χ4n) is 1.77. The molecule has 0 N–H and O–H groups in total. The molecule has 110 valence electrons. The van der Waals surface area contributed by atoms with E-state index in [0.29, 0.717) is 12.2 Å². The van der Waals surface area contributed by atoms with Gasteiger partial charge in [-0.25, -0.2) is 4.39 Å². The average Bonchev–Trinajstić information content (AvgIpc) is 2.49. The fraction of sp³-hybridized carbons (Fsp3) is 0.188. The highest BCUT2D eigenvalue weighted by molar-refractivity contribution is 9.10. The molecule has 5 heteroatoms. The van der Waals surface area contributed by atoms with Crippen LogP contribution in [0.2, 0.25) is 0 Å². The number of Topliss-reactive ketones (excluding diaryl/α,β-unsaturated/α-hetero) is 1. The molecule has 0 radical (unpaired) electrons. The Labute approximate surface area is 135 Å². The molecule has 0 fully saturated rings. The molecule has 21 heavy (non-hydrogen) atoms. The van der Waals surface area contributed by atoms with Crippen LogP contribution in [0.4, 0.5) is 4.39 Å². The molecule has 0 saturated heterocycles. The van der Waals surface area contributed by atoms with Crippen molar-refractivity contribution in [2.45, 2.75) is 11.3 Å². The largest absolute Gasteiger partial charge is 0.497 e. The Kier molecular flexibility index (Phi) is 5.82. The Morgan fingerprint density at radius 1 is 1.24 bits per heavy atom. The van der Waals surface area contributed by atoms with Gasteiger partial charge in [0.1, 0.15) is 17.3 Å². The first-order chi connectivity index (χ1) is 10.1. The van der Waals surface area contributed by atoms with Crippen LogP contribution < -0.4 is 4.74 Å². The van der Waals surface area contributed by atoms with E-state index in [1.807, 2.05) is 18.2 Å². The van der Waals surface area contributed by atoms with Gasteiger partial charge in [-0.05, 0) is 48.0 Å². The van der Waals surface area contributed by atoms with E-state index in [1.54, 1.807) is 19.2 Å². The van der Waals surface area contributed by atoms with Gasteiger partial charge in [-0.15, -0.1) is 11.8 Å².